The summed E-state index contributed by atoms with van der Waals surface area (Å²) in [5.41, 5.74) is 0.418. The summed E-state index contributed by atoms with van der Waals surface area (Å²) in [6, 6.07) is 0. The molecule has 0 spiro atoms. The molecule has 6 nitrogen and oxygen atoms in total. The molecule has 0 aliphatic rings. The Balaban J connectivity index is 2.47. The van der Waals surface area contributed by atoms with Gasteiger partial charge in [-0.15, -0.1) is 0 Å². The van der Waals surface area contributed by atoms with Gasteiger partial charge < -0.3 is 19.3 Å². The number of hydrogen-bond acceptors (Lipinski definition) is 5. The molecule has 1 rings (SSSR count). The number of rotatable bonds is 5. The fraction of sp³-hybridized carbons (Fsp3) is 0.556. The molecule has 1 amide bonds. The van der Waals surface area contributed by atoms with Gasteiger partial charge in [0.05, 0.1) is 12.7 Å². The Morgan fingerprint density at radius 3 is 2.73 bits per heavy atom. The SMILES string of the molecule is COC(CNC(=O)c1cnoc1C)OC. The molecule has 6 heteroatoms. The summed E-state index contributed by atoms with van der Waals surface area (Å²) < 4.78 is 14.6. The predicted molar refractivity (Wildman–Crippen MR) is 51.4 cm³/mol. The first-order valence-electron chi connectivity index (χ1n) is 4.44. The Morgan fingerprint density at radius 1 is 1.60 bits per heavy atom. The highest BCUT2D eigenvalue weighted by Gasteiger charge is 2.14. The van der Waals surface area contributed by atoms with Crippen molar-refractivity contribution in [2.24, 2.45) is 0 Å². The molecule has 1 aromatic heterocycles. The molecule has 84 valence electrons. The van der Waals surface area contributed by atoms with Gasteiger partial charge in [-0.3, -0.25) is 4.79 Å². The largest absolute Gasteiger partial charge is 0.361 e. The van der Waals surface area contributed by atoms with E-state index in [2.05, 4.69) is 10.5 Å². The Bertz CT molecular complexity index is 320. The summed E-state index contributed by atoms with van der Waals surface area (Å²) in [5.74, 6) is 0.228. The van der Waals surface area contributed by atoms with Crippen LogP contribution in [0.3, 0.4) is 0 Å². The summed E-state index contributed by atoms with van der Waals surface area (Å²) in [7, 11) is 3.01. The van der Waals surface area contributed by atoms with Crippen LogP contribution in [0, 0.1) is 6.92 Å². The second kappa shape index (κ2) is 5.47. The number of nitrogens with one attached hydrogen (secondary N) is 1. The van der Waals surface area contributed by atoms with Gasteiger partial charge in [-0.05, 0) is 6.92 Å². The fourth-order valence-corrected chi connectivity index (χ4v) is 1.05. The highest BCUT2D eigenvalue weighted by molar-refractivity contribution is 5.94. The topological polar surface area (TPSA) is 73.6 Å². The molecule has 0 aliphatic carbocycles. The zero-order valence-corrected chi connectivity index (χ0v) is 8.94. The van der Waals surface area contributed by atoms with Gasteiger partial charge in [0.15, 0.2) is 6.29 Å². The van der Waals surface area contributed by atoms with E-state index in [1.54, 1.807) is 6.92 Å². The van der Waals surface area contributed by atoms with Crippen molar-refractivity contribution in [2.75, 3.05) is 20.8 Å². The molecule has 0 atom stereocenters. The zero-order valence-electron chi connectivity index (χ0n) is 8.94. The number of carbonyl (C=O) groups excluding carboxylic acids is 1. The summed E-state index contributed by atoms with van der Waals surface area (Å²) >= 11 is 0. The molecule has 1 N–H and O–H groups in total. The van der Waals surface area contributed by atoms with Gasteiger partial charge in [0.2, 0.25) is 0 Å². The first-order valence-corrected chi connectivity index (χ1v) is 4.44. The molecule has 0 aliphatic heterocycles. The molecular formula is C9H14N2O4. The molecule has 0 saturated carbocycles. The monoisotopic (exact) mass is 214 g/mol. The van der Waals surface area contributed by atoms with Crippen LogP contribution in [0.1, 0.15) is 16.1 Å². The predicted octanol–water partition coefficient (Wildman–Crippen LogP) is 0.332. The maximum atomic E-state index is 11.5. The van der Waals surface area contributed by atoms with Crippen molar-refractivity contribution in [1.29, 1.82) is 0 Å². The lowest BCUT2D eigenvalue weighted by Crippen LogP contribution is -2.34. The van der Waals surface area contributed by atoms with Gasteiger partial charge in [-0.2, -0.15) is 0 Å². The van der Waals surface area contributed by atoms with Crippen LogP contribution in [0.2, 0.25) is 0 Å². The average Bonchev–Trinajstić information content (AvgIpc) is 2.66. The van der Waals surface area contributed by atoms with Crippen molar-refractivity contribution in [3.63, 3.8) is 0 Å². The van der Waals surface area contributed by atoms with E-state index >= 15 is 0 Å². The Hall–Kier alpha value is -1.40. The molecule has 15 heavy (non-hydrogen) atoms. The summed E-state index contributed by atoms with van der Waals surface area (Å²) in [4.78, 5) is 11.5. The molecule has 0 bridgehead atoms. The highest BCUT2D eigenvalue weighted by Crippen LogP contribution is 2.05. The maximum Gasteiger partial charge on any atom is 0.256 e. The Morgan fingerprint density at radius 2 is 2.27 bits per heavy atom. The van der Waals surface area contributed by atoms with E-state index in [1.807, 2.05) is 0 Å². The van der Waals surface area contributed by atoms with E-state index in [9.17, 15) is 4.79 Å². The zero-order chi connectivity index (χ0) is 11.3. The van der Waals surface area contributed by atoms with Gasteiger partial charge in [-0.25, -0.2) is 0 Å². The number of amides is 1. The Kier molecular flexibility index (Phi) is 4.26. The quantitative estimate of drug-likeness (QED) is 0.715. The Labute approximate surface area is 87.5 Å². The number of aromatic nitrogens is 1. The van der Waals surface area contributed by atoms with Crippen molar-refractivity contribution in [1.82, 2.24) is 10.5 Å². The van der Waals surface area contributed by atoms with Crippen molar-refractivity contribution < 1.29 is 18.8 Å². The van der Waals surface area contributed by atoms with E-state index in [0.717, 1.165) is 0 Å². The van der Waals surface area contributed by atoms with Crippen molar-refractivity contribution >= 4 is 5.91 Å². The number of aryl methyl sites for hydroxylation is 1. The second-order valence-electron chi connectivity index (χ2n) is 2.91. The lowest BCUT2D eigenvalue weighted by atomic mass is 10.2. The van der Waals surface area contributed by atoms with E-state index < -0.39 is 6.29 Å². The summed E-state index contributed by atoms with van der Waals surface area (Å²) in [6.07, 6.45) is 0.924. The van der Waals surface area contributed by atoms with Gasteiger partial charge in [0, 0.05) is 14.2 Å². The second-order valence-corrected chi connectivity index (χ2v) is 2.91. The van der Waals surface area contributed by atoms with Gasteiger partial charge in [0.25, 0.3) is 5.91 Å². The van der Waals surface area contributed by atoms with Crippen LogP contribution in [0.5, 0.6) is 0 Å². The lowest BCUT2D eigenvalue weighted by molar-refractivity contribution is -0.0974. The van der Waals surface area contributed by atoms with Crippen molar-refractivity contribution in [2.45, 2.75) is 13.2 Å². The van der Waals surface area contributed by atoms with Crippen LogP contribution in [0.25, 0.3) is 0 Å². The van der Waals surface area contributed by atoms with Crippen LogP contribution >= 0.6 is 0 Å². The molecule has 0 aromatic carbocycles. The number of methoxy groups -OCH3 is 2. The van der Waals surface area contributed by atoms with Gasteiger partial charge in [-0.1, -0.05) is 5.16 Å². The maximum absolute atomic E-state index is 11.5. The lowest BCUT2D eigenvalue weighted by Gasteiger charge is -2.13. The smallest absolute Gasteiger partial charge is 0.256 e. The minimum Gasteiger partial charge on any atom is -0.361 e. The first-order chi connectivity index (χ1) is 7.19. The molecule has 0 fully saturated rings. The third-order valence-electron chi connectivity index (χ3n) is 1.95. The minimum absolute atomic E-state index is 0.257. The number of carbonyl (C=O) groups is 1. The standard InChI is InChI=1S/C9H14N2O4/c1-6-7(4-11-15-6)9(12)10-5-8(13-2)14-3/h4,8H,5H2,1-3H3,(H,10,12). The first kappa shape index (κ1) is 11.7. The summed E-state index contributed by atoms with van der Waals surface area (Å²) in [6.45, 7) is 1.95. The van der Waals surface area contributed by atoms with Crippen molar-refractivity contribution in [3.05, 3.63) is 17.5 Å². The van der Waals surface area contributed by atoms with Crippen LogP contribution in [0.4, 0.5) is 0 Å². The van der Waals surface area contributed by atoms with E-state index in [1.165, 1.54) is 20.4 Å². The van der Waals surface area contributed by atoms with Crippen LogP contribution in [-0.4, -0.2) is 38.1 Å². The molecular weight excluding hydrogens is 200 g/mol. The molecule has 1 aromatic rings. The normalized spacial score (nSPS) is 10.7. The van der Waals surface area contributed by atoms with Crippen LogP contribution < -0.4 is 5.32 Å². The van der Waals surface area contributed by atoms with Crippen molar-refractivity contribution in [3.8, 4) is 0 Å². The van der Waals surface area contributed by atoms with E-state index in [4.69, 9.17) is 14.0 Å². The van der Waals surface area contributed by atoms with Gasteiger partial charge in [0.1, 0.15) is 11.3 Å². The average molecular weight is 214 g/mol. The molecule has 1 heterocycles. The highest BCUT2D eigenvalue weighted by atomic mass is 16.7. The fourth-order valence-electron chi connectivity index (χ4n) is 1.05. The van der Waals surface area contributed by atoms with Gasteiger partial charge >= 0.3 is 0 Å². The van der Waals surface area contributed by atoms with E-state index in [-0.39, 0.29) is 12.5 Å². The number of ether oxygens (including phenoxy) is 2. The number of hydrogen-bond donors (Lipinski definition) is 1. The third kappa shape index (κ3) is 3.03. The molecule has 0 unspecified atom stereocenters. The molecule has 0 radical (unpaired) electrons. The van der Waals surface area contributed by atoms with Crippen LogP contribution in [0.15, 0.2) is 10.7 Å². The number of nitrogens with zero attached hydrogens (tertiary/aromatic N) is 1. The summed E-state index contributed by atoms with van der Waals surface area (Å²) in [5, 5.41) is 6.15. The third-order valence-corrected chi connectivity index (χ3v) is 1.95. The van der Waals surface area contributed by atoms with Crippen LogP contribution in [-0.2, 0) is 9.47 Å². The molecule has 0 saturated heterocycles. The minimum atomic E-state index is -0.450. The van der Waals surface area contributed by atoms with E-state index in [0.29, 0.717) is 11.3 Å².